The molecular weight excluding hydrogens is 216 g/mol. The van der Waals surface area contributed by atoms with E-state index in [1.165, 1.54) is 6.42 Å². The second-order valence-electron chi connectivity index (χ2n) is 5.32. The molecule has 0 radical (unpaired) electrons. The van der Waals surface area contributed by atoms with Crippen LogP contribution in [-0.4, -0.2) is 59.6 Å². The molecule has 0 aromatic carbocycles. The highest BCUT2D eigenvalue weighted by molar-refractivity contribution is 5.73. The van der Waals surface area contributed by atoms with Crippen LogP contribution in [-0.2, 0) is 4.79 Å². The molecule has 4 heteroatoms. The lowest BCUT2D eigenvalue weighted by molar-refractivity contribution is -0.144. The zero-order valence-corrected chi connectivity index (χ0v) is 11.4. The average Bonchev–Trinajstić information content (AvgIpc) is 2.28. The number of piperazine rings is 1. The topological polar surface area (TPSA) is 43.8 Å². The van der Waals surface area contributed by atoms with E-state index in [2.05, 4.69) is 23.6 Å². The van der Waals surface area contributed by atoms with Crippen LogP contribution < -0.4 is 0 Å². The lowest BCUT2D eigenvalue weighted by Crippen LogP contribution is -2.52. The maximum absolute atomic E-state index is 11.1. The van der Waals surface area contributed by atoms with Crippen LogP contribution >= 0.6 is 0 Å². The van der Waals surface area contributed by atoms with Crippen LogP contribution in [0.4, 0.5) is 0 Å². The number of hydrogen-bond acceptors (Lipinski definition) is 3. The first-order valence-corrected chi connectivity index (χ1v) is 6.73. The van der Waals surface area contributed by atoms with Gasteiger partial charge in [0.15, 0.2) is 0 Å². The number of carboxylic acid groups (broad SMARTS) is 1. The van der Waals surface area contributed by atoms with Gasteiger partial charge in [0.05, 0.1) is 0 Å². The number of hydrogen-bond donors (Lipinski definition) is 1. The van der Waals surface area contributed by atoms with E-state index in [1.54, 1.807) is 0 Å². The summed E-state index contributed by atoms with van der Waals surface area (Å²) in [4.78, 5) is 15.6. The normalized spacial score (nSPS) is 20.7. The molecule has 1 rings (SSSR count). The van der Waals surface area contributed by atoms with E-state index in [-0.39, 0.29) is 6.04 Å². The lowest BCUT2D eigenvalue weighted by atomic mass is 10.1. The molecular formula is C13H26N2O2. The van der Waals surface area contributed by atoms with Gasteiger partial charge in [0.25, 0.3) is 0 Å². The van der Waals surface area contributed by atoms with E-state index in [1.807, 2.05) is 6.92 Å². The van der Waals surface area contributed by atoms with E-state index in [4.69, 9.17) is 5.11 Å². The van der Waals surface area contributed by atoms with Crippen molar-refractivity contribution in [3.8, 4) is 0 Å². The molecule has 1 aliphatic heterocycles. The van der Waals surface area contributed by atoms with Gasteiger partial charge in [-0.2, -0.15) is 0 Å². The minimum atomic E-state index is -0.678. The van der Waals surface area contributed by atoms with Gasteiger partial charge < -0.3 is 10.0 Å². The Morgan fingerprint density at radius 1 is 1.24 bits per heavy atom. The molecule has 0 amide bonds. The lowest BCUT2D eigenvalue weighted by Gasteiger charge is -2.37. The van der Waals surface area contributed by atoms with Crippen LogP contribution in [0.5, 0.6) is 0 Å². The summed E-state index contributed by atoms with van der Waals surface area (Å²) < 4.78 is 0. The number of aliphatic carboxylic acids is 1. The molecule has 4 nitrogen and oxygen atoms in total. The molecule has 0 aliphatic carbocycles. The molecule has 1 N–H and O–H groups in total. The predicted molar refractivity (Wildman–Crippen MR) is 69.2 cm³/mol. The Labute approximate surface area is 105 Å². The van der Waals surface area contributed by atoms with Crippen LogP contribution in [0.1, 0.15) is 33.6 Å². The largest absolute Gasteiger partial charge is 0.480 e. The number of nitrogens with zero attached hydrogens (tertiary/aromatic N) is 2. The Kier molecular flexibility index (Phi) is 5.92. The summed E-state index contributed by atoms with van der Waals surface area (Å²) in [5.74, 6) is 0.0681. The summed E-state index contributed by atoms with van der Waals surface area (Å²) in [5, 5.41) is 9.11. The molecule has 1 aliphatic rings. The molecule has 1 atom stereocenters. The van der Waals surface area contributed by atoms with Crippen LogP contribution in [0, 0.1) is 5.92 Å². The molecule has 17 heavy (non-hydrogen) atoms. The fourth-order valence-corrected chi connectivity index (χ4v) is 2.33. The van der Waals surface area contributed by atoms with Gasteiger partial charge in [0.2, 0.25) is 0 Å². The number of rotatable bonds is 6. The maximum atomic E-state index is 11.1. The number of carboxylic acids is 1. The van der Waals surface area contributed by atoms with Crippen molar-refractivity contribution in [2.75, 3.05) is 32.7 Å². The first-order chi connectivity index (χ1) is 8.04. The zero-order valence-electron chi connectivity index (χ0n) is 11.4. The highest BCUT2D eigenvalue weighted by Gasteiger charge is 2.27. The summed E-state index contributed by atoms with van der Waals surface area (Å²) >= 11 is 0. The molecule has 1 heterocycles. The summed E-state index contributed by atoms with van der Waals surface area (Å²) in [6, 6.07) is -0.290. The van der Waals surface area contributed by atoms with Gasteiger partial charge in [0, 0.05) is 26.2 Å². The minimum Gasteiger partial charge on any atom is -0.480 e. The van der Waals surface area contributed by atoms with Crippen LogP contribution in [0.15, 0.2) is 0 Å². The van der Waals surface area contributed by atoms with Crippen molar-refractivity contribution in [1.29, 1.82) is 0 Å². The van der Waals surface area contributed by atoms with E-state index >= 15 is 0 Å². The van der Waals surface area contributed by atoms with Gasteiger partial charge in [0.1, 0.15) is 6.04 Å². The smallest absolute Gasteiger partial charge is 0.320 e. The van der Waals surface area contributed by atoms with Gasteiger partial charge in [-0.25, -0.2) is 0 Å². The highest BCUT2D eigenvalue weighted by Crippen LogP contribution is 2.11. The predicted octanol–water partition coefficient (Wildman–Crippen LogP) is 1.51. The summed E-state index contributed by atoms with van der Waals surface area (Å²) in [7, 11) is 0. The second-order valence-corrected chi connectivity index (χ2v) is 5.32. The third-order valence-corrected chi connectivity index (χ3v) is 3.54. The Morgan fingerprint density at radius 3 is 2.24 bits per heavy atom. The molecule has 1 saturated heterocycles. The zero-order chi connectivity index (χ0) is 12.8. The Hall–Kier alpha value is -0.610. The van der Waals surface area contributed by atoms with E-state index in [0.717, 1.165) is 38.6 Å². The van der Waals surface area contributed by atoms with Gasteiger partial charge in [-0.3, -0.25) is 9.69 Å². The quantitative estimate of drug-likeness (QED) is 0.767. The summed E-state index contributed by atoms with van der Waals surface area (Å²) in [6.07, 6.45) is 1.93. The third-order valence-electron chi connectivity index (χ3n) is 3.54. The van der Waals surface area contributed by atoms with Crippen molar-refractivity contribution in [3.05, 3.63) is 0 Å². The minimum absolute atomic E-state index is 0.290. The van der Waals surface area contributed by atoms with E-state index < -0.39 is 5.97 Å². The Bertz CT molecular complexity index is 236. The molecule has 0 aromatic heterocycles. The molecule has 0 bridgehead atoms. The van der Waals surface area contributed by atoms with Gasteiger partial charge in [-0.1, -0.05) is 20.8 Å². The molecule has 1 fully saturated rings. The van der Waals surface area contributed by atoms with Gasteiger partial charge in [-0.15, -0.1) is 0 Å². The Morgan fingerprint density at radius 2 is 1.82 bits per heavy atom. The standard InChI is InChI=1S/C13H26N2O2/c1-4-12(13(16)17)15-9-7-14(8-10-15)6-5-11(2)3/h11-12H,4-10H2,1-3H3,(H,16,17). The van der Waals surface area contributed by atoms with Crippen molar-refractivity contribution in [2.24, 2.45) is 5.92 Å². The molecule has 100 valence electrons. The first-order valence-electron chi connectivity index (χ1n) is 6.73. The average molecular weight is 242 g/mol. The van der Waals surface area contributed by atoms with E-state index in [0.29, 0.717) is 6.42 Å². The SMILES string of the molecule is CCC(C(=O)O)N1CCN(CCC(C)C)CC1. The molecule has 0 aromatic rings. The summed E-state index contributed by atoms with van der Waals surface area (Å²) in [6.45, 7) is 11.4. The molecule has 0 saturated carbocycles. The van der Waals surface area contributed by atoms with Crippen molar-refractivity contribution in [1.82, 2.24) is 9.80 Å². The number of carbonyl (C=O) groups is 1. The van der Waals surface area contributed by atoms with Crippen molar-refractivity contribution < 1.29 is 9.90 Å². The van der Waals surface area contributed by atoms with Crippen molar-refractivity contribution >= 4 is 5.97 Å². The summed E-state index contributed by atoms with van der Waals surface area (Å²) in [5.41, 5.74) is 0. The molecule has 0 spiro atoms. The first kappa shape index (κ1) is 14.5. The van der Waals surface area contributed by atoms with Crippen LogP contribution in [0.3, 0.4) is 0 Å². The third kappa shape index (κ3) is 4.64. The fourth-order valence-electron chi connectivity index (χ4n) is 2.33. The maximum Gasteiger partial charge on any atom is 0.320 e. The monoisotopic (exact) mass is 242 g/mol. The van der Waals surface area contributed by atoms with E-state index in [9.17, 15) is 4.79 Å². The van der Waals surface area contributed by atoms with Crippen molar-refractivity contribution in [2.45, 2.75) is 39.7 Å². The second kappa shape index (κ2) is 6.97. The van der Waals surface area contributed by atoms with Crippen molar-refractivity contribution in [3.63, 3.8) is 0 Å². The van der Waals surface area contributed by atoms with Crippen LogP contribution in [0.25, 0.3) is 0 Å². The van der Waals surface area contributed by atoms with Gasteiger partial charge in [-0.05, 0) is 25.3 Å². The van der Waals surface area contributed by atoms with Gasteiger partial charge >= 0.3 is 5.97 Å². The highest BCUT2D eigenvalue weighted by atomic mass is 16.4. The fraction of sp³-hybridized carbons (Fsp3) is 0.923. The Balaban J connectivity index is 2.32. The van der Waals surface area contributed by atoms with Crippen LogP contribution in [0.2, 0.25) is 0 Å². The molecule has 1 unspecified atom stereocenters.